The van der Waals surface area contributed by atoms with Crippen molar-refractivity contribution in [3.8, 4) is 0 Å². The summed E-state index contributed by atoms with van der Waals surface area (Å²) in [6, 6.07) is 0.582. The Morgan fingerprint density at radius 3 is 2.06 bits per heavy atom. The summed E-state index contributed by atoms with van der Waals surface area (Å²) in [5.74, 6) is 6.26. The summed E-state index contributed by atoms with van der Waals surface area (Å²) in [6.07, 6.45) is 11.9. The third kappa shape index (κ3) is 1.27. The van der Waals surface area contributed by atoms with Crippen molar-refractivity contribution in [3.63, 3.8) is 0 Å². The first-order valence-electron chi connectivity index (χ1n) is 7.62. The van der Waals surface area contributed by atoms with Gasteiger partial charge in [0.25, 0.3) is 0 Å². The normalized spacial score (nSPS) is 52.7. The molecule has 0 spiro atoms. The number of rotatable bonds is 2. The van der Waals surface area contributed by atoms with E-state index in [4.69, 9.17) is 5.73 Å². The van der Waals surface area contributed by atoms with Crippen LogP contribution in [0.5, 0.6) is 0 Å². The van der Waals surface area contributed by atoms with Crippen molar-refractivity contribution in [3.05, 3.63) is 0 Å². The summed E-state index contributed by atoms with van der Waals surface area (Å²) in [6.45, 7) is 0. The van der Waals surface area contributed by atoms with Crippen molar-refractivity contribution in [1.82, 2.24) is 0 Å². The molecule has 1 nitrogen and oxygen atoms in total. The zero-order valence-corrected chi connectivity index (χ0v) is 10.3. The molecule has 0 saturated heterocycles. The lowest BCUT2D eigenvalue weighted by Crippen LogP contribution is -2.35. The molecule has 4 aliphatic rings. The zero-order chi connectivity index (χ0) is 10.7. The van der Waals surface area contributed by atoms with Crippen LogP contribution in [0, 0.1) is 35.5 Å². The Bertz CT molecular complexity index is 265. The Morgan fingerprint density at radius 2 is 1.44 bits per heavy atom. The van der Waals surface area contributed by atoms with E-state index >= 15 is 0 Å². The monoisotopic (exact) mass is 219 g/mol. The van der Waals surface area contributed by atoms with Crippen molar-refractivity contribution in [1.29, 1.82) is 0 Å². The molecule has 2 N–H and O–H groups in total. The Hall–Kier alpha value is -0.0400. The van der Waals surface area contributed by atoms with Crippen LogP contribution in [-0.4, -0.2) is 6.04 Å². The van der Waals surface area contributed by atoms with Crippen molar-refractivity contribution in [2.24, 2.45) is 41.2 Å². The Labute approximate surface area is 99.2 Å². The molecule has 0 aromatic heterocycles. The van der Waals surface area contributed by atoms with Crippen molar-refractivity contribution < 1.29 is 0 Å². The molecule has 0 aliphatic heterocycles. The first kappa shape index (κ1) is 9.94. The van der Waals surface area contributed by atoms with Crippen LogP contribution in [0.1, 0.15) is 51.4 Å². The summed E-state index contributed by atoms with van der Waals surface area (Å²) < 4.78 is 0. The molecular formula is C15H25N. The molecule has 4 saturated carbocycles. The highest BCUT2D eigenvalue weighted by Gasteiger charge is 2.66. The molecule has 1 heteroatoms. The van der Waals surface area contributed by atoms with Crippen molar-refractivity contribution in [2.75, 3.05) is 0 Å². The third-order valence-corrected chi connectivity index (χ3v) is 6.43. The summed E-state index contributed by atoms with van der Waals surface area (Å²) in [5.41, 5.74) is 6.60. The predicted molar refractivity (Wildman–Crippen MR) is 65.9 cm³/mol. The molecule has 16 heavy (non-hydrogen) atoms. The summed E-state index contributed by atoms with van der Waals surface area (Å²) >= 11 is 0. The van der Waals surface area contributed by atoms with Gasteiger partial charge in [0.15, 0.2) is 0 Å². The average Bonchev–Trinajstić information content (AvgIpc) is 2.77. The van der Waals surface area contributed by atoms with Gasteiger partial charge in [-0.25, -0.2) is 0 Å². The highest BCUT2D eigenvalue weighted by molar-refractivity contribution is 5.16. The SMILES string of the molecule is NC(C1CCCCC1)C1C2C3CCC(C3)C21. The minimum absolute atomic E-state index is 0.582. The second-order valence-corrected chi connectivity index (χ2v) is 7.04. The standard InChI is InChI=1S/C15H25N/c16-15(9-4-2-1-3-5-9)14-12-10-6-7-11(8-10)13(12)14/h9-15H,1-8,16H2. The molecule has 0 heterocycles. The molecule has 4 fully saturated rings. The van der Waals surface area contributed by atoms with Crippen LogP contribution in [0.25, 0.3) is 0 Å². The Kier molecular flexibility index (Phi) is 2.16. The second-order valence-electron chi connectivity index (χ2n) is 7.04. The maximum absolute atomic E-state index is 6.60. The highest BCUT2D eigenvalue weighted by atomic mass is 14.8. The Balaban J connectivity index is 1.44. The van der Waals surface area contributed by atoms with Gasteiger partial charge in [-0.2, -0.15) is 0 Å². The van der Waals surface area contributed by atoms with Gasteiger partial charge in [-0.1, -0.05) is 19.3 Å². The fraction of sp³-hybridized carbons (Fsp3) is 1.00. The van der Waals surface area contributed by atoms with Gasteiger partial charge in [0.2, 0.25) is 0 Å². The third-order valence-electron chi connectivity index (χ3n) is 6.43. The zero-order valence-electron chi connectivity index (χ0n) is 10.3. The summed E-state index contributed by atoms with van der Waals surface area (Å²) in [4.78, 5) is 0. The molecular weight excluding hydrogens is 194 g/mol. The van der Waals surface area contributed by atoms with Gasteiger partial charge in [0, 0.05) is 6.04 Å². The minimum atomic E-state index is 0.582. The molecule has 4 aliphatic carbocycles. The fourth-order valence-electron chi connectivity index (χ4n) is 5.74. The van der Waals surface area contributed by atoms with E-state index in [-0.39, 0.29) is 0 Å². The number of hydrogen-bond acceptors (Lipinski definition) is 1. The lowest BCUT2D eigenvalue weighted by Gasteiger charge is -2.29. The van der Waals surface area contributed by atoms with Gasteiger partial charge in [-0.15, -0.1) is 0 Å². The van der Waals surface area contributed by atoms with Crippen LogP contribution >= 0.6 is 0 Å². The minimum Gasteiger partial charge on any atom is -0.327 e. The van der Waals surface area contributed by atoms with E-state index < -0.39 is 0 Å². The number of fused-ring (bicyclic) bond motifs is 5. The van der Waals surface area contributed by atoms with Gasteiger partial charge in [0.1, 0.15) is 0 Å². The summed E-state index contributed by atoms with van der Waals surface area (Å²) in [5, 5.41) is 0. The fourth-order valence-corrected chi connectivity index (χ4v) is 5.74. The van der Waals surface area contributed by atoms with Crippen LogP contribution < -0.4 is 5.73 Å². The van der Waals surface area contributed by atoms with E-state index in [2.05, 4.69) is 0 Å². The van der Waals surface area contributed by atoms with Gasteiger partial charge >= 0.3 is 0 Å². The number of hydrogen-bond donors (Lipinski definition) is 1. The van der Waals surface area contributed by atoms with E-state index in [1.807, 2.05) is 0 Å². The van der Waals surface area contributed by atoms with Crippen molar-refractivity contribution in [2.45, 2.75) is 57.4 Å². The van der Waals surface area contributed by atoms with Crippen LogP contribution in [-0.2, 0) is 0 Å². The topological polar surface area (TPSA) is 26.0 Å². The van der Waals surface area contributed by atoms with Gasteiger partial charge < -0.3 is 5.73 Å². The molecule has 4 rings (SSSR count). The van der Waals surface area contributed by atoms with E-state index in [0.717, 1.165) is 35.5 Å². The molecule has 5 atom stereocenters. The van der Waals surface area contributed by atoms with E-state index in [9.17, 15) is 0 Å². The maximum Gasteiger partial charge on any atom is 0.0101 e. The first-order chi connectivity index (χ1) is 7.86. The van der Waals surface area contributed by atoms with E-state index in [1.165, 1.54) is 32.1 Å². The largest absolute Gasteiger partial charge is 0.327 e. The van der Waals surface area contributed by atoms with Crippen LogP contribution in [0.15, 0.2) is 0 Å². The summed E-state index contributed by atoms with van der Waals surface area (Å²) in [7, 11) is 0. The van der Waals surface area contributed by atoms with E-state index in [1.54, 1.807) is 19.3 Å². The molecule has 2 bridgehead atoms. The average molecular weight is 219 g/mol. The smallest absolute Gasteiger partial charge is 0.0101 e. The van der Waals surface area contributed by atoms with E-state index in [0.29, 0.717) is 6.04 Å². The highest BCUT2D eigenvalue weighted by Crippen LogP contribution is 2.70. The van der Waals surface area contributed by atoms with Crippen LogP contribution in [0.2, 0.25) is 0 Å². The van der Waals surface area contributed by atoms with Gasteiger partial charge in [-0.3, -0.25) is 0 Å². The van der Waals surface area contributed by atoms with Gasteiger partial charge in [-0.05, 0) is 67.6 Å². The van der Waals surface area contributed by atoms with Crippen LogP contribution in [0.4, 0.5) is 0 Å². The Morgan fingerprint density at radius 1 is 0.812 bits per heavy atom. The van der Waals surface area contributed by atoms with Crippen molar-refractivity contribution >= 4 is 0 Å². The molecule has 90 valence electrons. The maximum atomic E-state index is 6.60. The first-order valence-corrected chi connectivity index (χ1v) is 7.62. The number of nitrogens with two attached hydrogens (primary N) is 1. The predicted octanol–water partition coefficient (Wildman–Crippen LogP) is 3.19. The van der Waals surface area contributed by atoms with Gasteiger partial charge in [0.05, 0.1) is 0 Å². The molecule has 0 radical (unpaired) electrons. The quantitative estimate of drug-likeness (QED) is 0.758. The molecule has 0 aromatic carbocycles. The molecule has 0 amide bonds. The van der Waals surface area contributed by atoms with Crippen LogP contribution in [0.3, 0.4) is 0 Å². The lowest BCUT2D eigenvalue weighted by atomic mass is 9.80. The lowest BCUT2D eigenvalue weighted by molar-refractivity contribution is 0.258. The molecule has 5 unspecified atom stereocenters. The molecule has 0 aromatic rings. The second kappa shape index (κ2) is 3.48.